The van der Waals surface area contributed by atoms with Crippen molar-refractivity contribution in [1.29, 1.82) is 0 Å². The van der Waals surface area contributed by atoms with Crippen molar-refractivity contribution in [3.63, 3.8) is 0 Å². The zero-order valence-electron chi connectivity index (χ0n) is 10.5. The molecule has 0 saturated carbocycles. The van der Waals surface area contributed by atoms with Crippen LogP contribution in [-0.2, 0) is 9.47 Å². The van der Waals surface area contributed by atoms with Gasteiger partial charge >= 0.3 is 6.03 Å². The van der Waals surface area contributed by atoms with Gasteiger partial charge in [0.25, 0.3) is 0 Å². The summed E-state index contributed by atoms with van der Waals surface area (Å²) in [6.45, 7) is -0.191. The second-order valence-corrected chi connectivity index (χ2v) is 4.04. The van der Waals surface area contributed by atoms with E-state index in [0.29, 0.717) is 5.01 Å². The molecule has 0 radical (unpaired) electrons. The first-order chi connectivity index (χ1) is 8.92. The van der Waals surface area contributed by atoms with Crippen LogP contribution in [-0.4, -0.2) is 77.8 Å². The number of urea groups is 1. The Hall–Kier alpha value is -1.33. The van der Waals surface area contributed by atoms with Gasteiger partial charge in [-0.3, -0.25) is 0 Å². The smallest absolute Gasteiger partial charge is 0.340 e. The lowest BCUT2D eigenvalue weighted by atomic mass is 9.99. The standard InChI is InChI=1S/C9H17N3O7/c1-12(11-17)9(16)10-3-4-5(13)6(14)7(15)8(18-2)19-4/h4-8,13-15H,3H2,1-2H3,(H,10,16). The zero-order chi connectivity index (χ0) is 14.6. The summed E-state index contributed by atoms with van der Waals surface area (Å²) in [5.41, 5.74) is 0. The molecule has 110 valence electrons. The molecule has 1 aliphatic heterocycles. The Balaban J connectivity index is 2.57. The minimum absolute atomic E-state index is 0.191. The predicted octanol–water partition coefficient (Wildman–Crippen LogP) is -2.24. The lowest BCUT2D eigenvalue weighted by Crippen LogP contribution is -2.60. The molecule has 1 saturated heterocycles. The number of hydrogen-bond acceptors (Lipinski definition) is 8. The van der Waals surface area contributed by atoms with Gasteiger partial charge in [0.15, 0.2) is 6.29 Å². The van der Waals surface area contributed by atoms with E-state index in [0.717, 1.165) is 7.05 Å². The van der Waals surface area contributed by atoms with Gasteiger partial charge in [-0.05, 0) is 0 Å². The fraction of sp³-hybridized carbons (Fsp3) is 0.889. The molecular weight excluding hydrogens is 262 g/mol. The molecule has 10 heteroatoms. The van der Waals surface area contributed by atoms with Gasteiger partial charge in [0.05, 0.1) is 5.29 Å². The number of nitrogens with one attached hydrogen (secondary N) is 1. The number of hydrogen-bond donors (Lipinski definition) is 4. The van der Waals surface area contributed by atoms with Crippen molar-refractivity contribution >= 4 is 6.03 Å². The van der Waals surface area contributed by atoms with Crippen molar-refractivity contribution in [2.24, 2.45) is 5.29 Å². The van der Waals surface area contributed by atoms with Gasteiger partial charge in [0, 0.05) is 20.7 Å². The minimum atomic E-state index is -1.47. The number of amides is 2. The second kappa shape index (κ2) is 6.73. The number of aliphatic hydroxyl groups is 3. The lowest BCUT2D eigenvalue weighted by molar-refractivity contribution is -0.288. The summed E-state index contributed by atoms with van der Waals surface area (Å²) in [6.07, 6.45) is -6.39. The molecular formula is C9H17N3O7. The molecule has 1 rings (SSSR count). The van der Waals surface area contributed by atoms with Crippen LogP contribution < -0.4 is 5.32 Å². The summed E-state index contributed by atoms with van der Waals surface area (Å²) in [7, 11) is 2.41. The predicted molar refractivity (Wildman–Crippen MR) is 60.6 cm³/mol. The molecule has 0 aromatic rings. The Morgan fingerprint density at radius 3 is 2.53 bits per heavy atom. The fourth-order valence-electron chi connectivity index (χ4n) is 1.62. The summed E-state index contributed by atoms with van der Waals surface area (Å²) in [5, 5.41) is 34.0. The van der Waals surface area contributed by atoms with Crippen molar-refractivity contribution in [3.8, 4) is 0 Å². The molecule has 0 aromatic carbocycles. The van der Waals surface area contributed by atoms with Crippen LogP contribution in [0.2, 0.25) is 0 Å². The topological polar surface area (TPSA) is 141 Å². The Morgan fingerprint density at radius 2 is 2.00 bits per heavy atom. The van der Waals surface area contributed by atoms with Crippen LogP contribution >= 0.6 is 0 Å². The first-order valence-corrected chi connectivity index (χ1v) is 5.49. The van der Waals surface area contributed by atoms with Crippen molar-refractivity contribution in [3.05, 3.63) is 4.91 Å². The molecule has 0 bridgehead atoms. The van der Waals surface area contributed by atoms with Crippen molar-refractivity contribution < 1.29 is 29.6 Å². The maximum atomic E-state index is 11.3. The van der Waals surface area contributed by atoms with Crippen LogP contribution in [0.15, 0.2) is 5.29 Å². The zero-order valence-corrected chi connectivity index (χ0v) is 10.5. The number of methoxy groups -OCH3 is 1. The van der Waals surface area contributed by atoms with Gasteiger partial charge in [0.1, 0.15) is 24.4 Å². The van der Waals surface area contributed by atoms with E-state index < -0.39 is 36.7 Å². The Bertz CT molecular complexity index is 327. The molecule has 2 amide bonds. The largest absolute Gasteiger partial charge is 0.388 e. The van der Waals surface area contributed by atoms with Gasteiger partial charge in [0.2, 0.25) is 0 Å². The summed E-state index contributed by atoms with van der Waals surface area (Å²) in [4.78, 5) is 21.4. The van der Waals surface area contributed by atoms with E-state index >= 15 is 0 Å². The highest BCUT2D eigenvalue weighted by Crippen LogP contribution is 2.21. The summed E-state index contributed by atoms with van der Waals surface area (Å²) >= 11 is 0. The Kier molecular flexibility index (Phi) is 5.57. The molecule has 10 nitrogen and oxygen atoms in total. The maximum Gasteiger partial charge on any atom is 0.340 e. The van der Waals surface area contributed by atoms with E-state index in [1.165, 1.54) is 7.11 Å². The van der Waals surface area contributed by atoms with E-state index in [-0.39, 0.29) is 6.54 Å². The Labute approximate surface area is 108 Å². The van der Waals surface area contributed by atoms with Crippen molar-refractivity contribution in [1.82, 2.24) is 10.3 Å². The SMILES string of the molecule is COC1OC(CNC(=O)N(C)N=O)C(O)C(O)C1O. The van der Waals surface area contributed by atoms with Crippen molar-refractivity contribution in [2.75, 3.05) is 20.7 Å². The number of ether oxygens (including phenoxy) is 2. The number of rotatable bonds is 4. The van der Waals surface area contributed by atoms with E-state index in [9.17, 15) is 25.0 Å². The molecule has 19 heavy (non-hydrogen) atoms. The van der Waals surface area contributed by atoms with Crippen LogP contribution in [0.4, 0.5) is 4.79 Å². The third-order valence-corrected chi connectivity index (χ3v) is 2.77. The molecule has 4 N–H and O–H groups in total. The quantitative estimate of drug-likeness (QED) is 0.337. The van der Waals surface area contributed by atoms with E-state index in [1.807, 2.05) is 0 Å². The van der Waals surface area contributed by atoms with Gasteiger partial charge < -0.3 is 30.1 Å². The fourth-order valence-corrected chi connectivity index (χ4v) is 1.62. The molecule has 0 aliphatic carbocycles. The Morgan fingerprint density at radius 1 is 1.37 bits per heavy atom. The number of nitrogens with zero attached hydrogens (tertiary/aromatic N) is 2. The first kappa shape index (κ1) is 15.7. The molecule has 5 atom stereocenters. The van der Waals surface area contributed by atoms with E-state index in [4.69, 9.17) is 9.47 Å². The summed E-state index contributed by atoms with van der Waals surface area (Å²) in [6, 6.07) is -0.791. The lowest BCUT2D eigenvalue weighted by Gasteiger charge is -2.39. The third kappa shape index (κ3) is 3.58. The van der Waals surface area contributed by atoms with Crippen LogP contribution in [0.1, 0.15) is 0 Å². The number of carbonyl (C=O) groups is 1. The summed E-state index contributed by atoms with van der Waals surface area (Å²) in [5.74, 6) is 0. The molecule has 1 heterocycles. The van der Waals surface area contributed by atoms with Gasteiger partial charge in [-0.15, -0.1) is 4.91 Å². The second-order valence-electron chi connectivity index (χ2n) is 4.04. The normalized spacial score (nSPS) is 34.7. The van der Waals surface area contributed by atoms with Crippen LogP contribution in [0.5, 0.6) is 0 Å². The van der Waals surface area contributed by atoms with Crippen LogP contribution in [0.3, 0.4) is 0 Å². The minimum Gasteiger partial charge on any atom is -0.388 e. The third-order valence-electron chi connectivity index (χ3n) is 2.77. The highest BCUT2D eigenvalue weighted by atomic mass is 16.7. The first-order valence-electron chi connectivity index (χ1n) is 5.49. The highest BCUT2D eigenvalue weighted by Gasteiger charge is 2.43. The average Bonchev–Trinajstić information content (AvgIpc) is 2.42. The van der Waals surface area contributed by atoms with Crippen molar-refractivity contribution in [2.45, 2.75) is 30.7 Å². The monoisotopic (exact) mass is 279 g/mol. The van der Waals surface area contributed by atoms with Crippen LogP contribution in [0, 0.1) is 4.91 Å². The molecule has 0 spiro atoms. The van der Waals surface area contributed by atoms with Gasteiger partial charge in [-0.2, -0.15) is 5.01 Å². The molecule has 1 aliphatic rings. The molecule has 5 unspecified atom stereocenters. The molecule has 1 fully saturated rings. The maximum absolute atomic E-state index is 11.3. The number of carbonyl (C=O) groups excluding carboxylic acids is 1. The number of aliphatic hydroxyl groups excluding tert-OH is 3. The highest BCUT2D eigenvalue weighted by molar-refractivity contribution is 5.73. The van der Waals surface area contributed by atoms with Gasteiger partial charge in [-0.25, -0.2) is 4.79 Å². The van der Waals surface area contributed by atoms with Crippen LogP contribution in [0.25, 0.3) is 0 Å². The van der Waals surface area contributed by atoms with E-state index in [1.54, 1.807) is 0 Å². The van der Waals surface area contributed by atoms with Gasteiger partial charge in [-0.1, -0.05) is 0 Å². The number of nitroso groups, excluding NO2 is 1. The average molecular weight is 279 g/mol. The molecule has 0 aromatic heterocycles. The summed E-state index contributed by atoms with van der Waals surface area (Å²) < 4.78 is 9.96. The van der Waals surface area contributed by atoms with E-state index in [2.05, 4.69) is 10.6 Å².